The van der Waals surface area contributed by atoms with E-state index < -0.39 is 16.7 Å². The predicted octanol–water partition coefficient (Wildman–Crippen LogP) is 2.37. The van der Waals surface area contributed by atoms with Crippen LogP contribution in [-0.4, -0.2) is 46.2 Å². The fourth-order valence-corrected chi connectivity index (χ4v) is 5.38. The molecule has 1 unspecified atom stereocenters. The molecule has 140 valence electrons. The van der Waals surface area contributed by atoms with Gasteiger partial charge in [-0.3, -0.25) is 8.79 Å². The van der Waals surface area contributed by atoms with E-state index >= 15 is 0 Å². The minimum atomic E-state index is -3.44. The van der Waals surface area contributed by atoms with Crippen molar-refractivity contribution in [3.8, 4) is 0 Å². The summed E-state index contributed by atoms with van der Waals surface area (Å²) in [6, 6.07) is 1.84. The van der Waals surface area contributed by atoms with Crippen molar-refractivity contribution in [2.75, 3.05) is 12.4 Å². The maximum Gasteiger partial charge on any atom is 0.211 e. The Labute approximate surface area is 151 Å². The van der Waals surface area contributed by atoms with Gasteiger partial charge in [-0.25, -0.2) is 23.1 Å². The topological polar surface area (TPSA) is 92.2 Å². The van der Waals surface area contributed by atoms with Gasteiger partial charge in [0.2, 0.25) is 10.0 Å². The number of alkyl halides is 1. The number of nitrogens with zero attached hydrogens (tertiary/aromatic N) is 3. The van der Waals surface area contributed by atoms with Crippen LogP contribution in [0, 0.1) is 5.92 Å². The van der Waals surface area contributed by atoms with E-state index in [1.807, 2.05) is 18.5 Å². The molecule has 4 rings (SSSR count). The number of H-pyrrole nitrogens is 1. The summed E-state index contributed by atoms with van der Waals surface area (Å²) < 4.78 is 41.3. The Hall–Kier alpha value is -2.00. The minimum Gasteiger partial charge on any atom is -0.345 e. The highest BCUT2D eigenvalue weighted by molar-refractivity contribution is 7.89. The van der Waals surface area contributed by atoms with Crippen molar-refractivity contribution in [1.82, 2.24) is 24.1 Å². The Bertz CT molecular complexity index is 1030. The number of sulfonamides is 1. The van der Waals surface area contributed by atoms with E-state index in [-0.39, 0.29) is 24.1 Å². The molecule has 26 heavy (non-hydrogen) atoms. The van der Waals surface area contributed by atoms with Crippen molar-refractivity contribution in [1.29, 1.82) is 0 Å². The molecule has 1 aliphatic rings. The second-order valence-electron chi connectivity index (χ2n) is 7.08. The molecule has 0 aromatic carbocycles. The molecule has 3 aromatic rings. The van der Waals surface area contributed by atoms with Gasteiger partial charge in [-0.1, -0.05) is 6.92 Å². The van der Waals surface area contributed by atoms with Gasteiger partial charge in [-0.15, -0.1) is 0 Å². The van der Waals surface area contributed by atoms with Crippen LogP contribution >= 0.6 is 0 Å². The average Bonchev–Trinajstić information content (AvgIpc) is 3.29. The highest BCUT2D eigenvalue weighted by atomic mass is 32.2. The SMILES string of the molecule is C[C@@H]1CC(NS(=O)(=O)CCCF)C[C@@H]1c1cnc2cnc3[nH]ccc3n12. The van der Waals surface area contributed by atoms with Crippen LogP contribution < -0.4 is 4.72 Å². The van der Waals surface area contributed by atoms with Gasteiger partial charge in [-0.2, -0.15) is 0 Å². The maximum atomic E-state index is 12.3. The van der Waals surface area contributed by atoms with Gasteiger partial charge in [0.25, 0.3) is 0 Å². The van der Waals surface area contributed by atoms with E-state index in [1.165, 1.54) is 0 Å². The molecule has 7 nitrogen and oxygen atoms in total. The first-order valence-electron chi connectivity index (χ1n) is 8.84. The normalized spacial score (nSPS) is 24.0. The minimum absolute atomic E-state index is 0.0345. The molecule has 1 aliphatic carbocycles. The quantitative estimate of drug-likeness (QED) is 0.688. The summed E-state index contributed by atoms with van der Waals surface area (Å²) in [5.41, 5.74) is 3.62. The molecule has 0 radical (unpaired) electrons. The molecule has 0 spiro atoms. The number of fused-ring (bicyclic) bond motifs is 3. The molecule has 0 amide bonds. The van der Waals surface area contributed by atoms with E-state index in [9.17, 15) is 12.8 Å². The summed E-state index contributed by atoms with van der Waals surface area (Å²) in [4.78, 5) is 11.9. The van der Waals surface area contributed by atoms with Crippen molar-refractivity contribution in [2.45, 2.75) is 38.1 Å². The average molecular weight is 379 g/mol. The van der Waals surface area contributed by atoms with Gasteiger partial charge >= 0.3 is 0 Å². The molecule has 2 N–H and O–H groups in total. The van der Waals surface area contributed by atoms with E-state index in [0.717, 1.165) is 28.9 Å². The van der Waals surface area contributed by atoms with Crippen molar-refractivity contribution < 1.29 is 12.8 Å². The number of rotatable bonds is 6. The molecular weight excluding hydrogens is 357 g/mol. The first kappa shape index (κ1) is 17.4. The molecule has 9 heteroatoms. The van der Waals surface area contributed by atoms with Crippen LogP contribution in [0.15, 0.2) is 24.7 Å². The van der Waals surface area contributed by atoms with Gasteiger partial charge in [0.1, 0.15) is 0 Å². The van der Waals surface area contributed by atoms with Crippen LogP contribution in [0.1, 0.15) is 37.8 Å². The van der Waals surface area contributed by atoms with Crippen LogP contribution in [0.3, 0.4) is 0 Å². The molecular formula is C17H22FN5O2S. The predicted molar refractivity (Wildman–Crippen MR) is 97.3 cm³/mol. The molecule has 3 heterocycles. The number of hydrogen-bond donors (Lipinski definition) is 2. The van der Waals surface area contributed by atoms with Crippen LogP contribution in [-0.2, 0) is 10.0 Å². The second kappa shape index (κ2) is 6.62. The third-order valence-electron chi connectivity index (χ3n) is 5.22. The lowest BCUT2D eigenvalue weighted by molar-refractivity contribution is 0.480. The third kappa shape index (κ3) is 3.09. The monoisotopic (exact) mass is 379 g/mol. The zero-order valence-electron chi connectivity index (χ0n) is 14.5. The third-order valence-corrected chi connectivity index (χ3v) is 6.74. The van der Waals surface area contributed by atoms with Gasteiger partial charge in [-0.05, 0) is 31.2 Å². The maximum absolute atomic E-state index is 12.3. The van der Waals surface area contributed by atoms with E-state index in [4.69, 9.17) is 0 Å². The fraction of sp³-hybridized carbons (Fsp3) is 0.529. The number of halogens is 1. The van der Waals surface area contributed by atoms with E-state index in [2.05, 4.69) is 31.0 Å². The summed E-state index contributed by atoms with van der Waals surface area (Å²) in [5, 5.41) is 0. The molecule has 0 aliphatic heterocycles. The van der Waals surface area contributed by atoms with Crippen molar-refractivity contribution >= 4 is 26.8 Å². The van der Waals surface area contributed by atoms with Crippen molar-refractivity contribution in [3.63, 3.8) is 0 Å². The molecule has 0 saturated heterocycles. The second-order valence-corrected chi connectivity index (χ2v) is 8.95. The highest BCUT2D eigenvalue weighted by Gasteiger charge is 2.36. The van der Waals surface area contributed by atoms with Crippen molar-refractivity contribution in [3.05, 3.63) is 30.4 Å². The number of aromatic nitrogens is 4. The smallest absolute Gasteiger partial charge is 0.211 e. The summed E-state index contributed by atoms with van der Waals surface area (Å²) in [5.74, 6) is 0.343. The first-order chi connectivity index (χ1) is 12.5. The van der Waals surface area contributed by atoms with Gasteiger partial charge in [0.05, 0.1) is 24.1 Å². The first-order valence-corrected chi connectivity index (χ1v) is 10.5. The summed E-state index contributed by atoms with van der Waals surface area (Å²) in [6.07, 6.45) is 6.95. The Morgan fingerprint density at radius 3 is 3.00 bits per heavy atom. The van der Waals surface area contributed by atoms with Gasteiger partial charge in [0, 0.05) is 30.0 Å². The zero-order chi connectivity index (χ0) is 18.3. The molecule has 3 atom stereocenters. The highest BCUT2D eigenvalue weighted by Crippen LogP contribution is 2.40. The lowest BCUT2D eigenvalue weighted by Gasteiger charge is -2.15. The Kier molecular flexibility index (Phi) is 4.44. The molecule has 3 aromatic heterocycles. The molecule has 1 fully saturated rings. The number of hydrogen-bond acceptors (Lipinski definition) is 4. The van der Waals surface area contributed by atoms with Crippen LogP contribution in [0.4, 0.5) is 4.39 Å². The zero-order valence-corrected chi connectivity index (χ0v) is 15.3. The van der Waals surface area contributed by atoms with Crippen molar-refractivity contribution in [2.24, 2.45) is 5.92 Å². The Morgan fingerprint density at radius 1 is 1.35 bits per heavy atom. The summed E-state index contributed by atoms with van der Waals surface area (Å²) in [6.45, 7) is 1.52. The van der Waals surface area contributed by atoms with E-state index in [1.54, 1.807) is 6.20 Å². The number of nitrogens with one attached hydrogen (secondary N) is 2. The summed E-state index contributed by atoms with van der Waals surface area (Å²) in [7, 11) is -3.44. The van der Waals surface area contributed by atoms with Crippen LogP contribution in [0.25, 0.3) is 16.8 Å². The summed E-state index contributed by atoms with van der Waals surface area (Å²) >= 11 is 0. The largest absolute Gasteiger partial charge is 0.345 e. The molecule has 1 saturated carbocycles. The molecule has 0 bridgehead atoms. The Balaban J connectivity index is 1.61. The Morgan fingerprint density at radius 2 is 2.19 bits per heavy atom. The number of imidazole rings is 1. The van der Waals surface area contributed by atoms with Crippen LogP contribution in [0.5, 0.6) is 0 Å². The lowest BCUT2D eigenvalue weighted by atomic mass is 9.95. The lowest BCUT2D eigenvalue weighted by Crippen LogP contribution is -2.35. The number of aromatic amines is 1. The van der Waals surface area contributed by atoms with Gasteiger partial charge < -0.3 is 4.98 Å². The fourth-order valence-electron chi connectivity index (χ4n) is 4.07. The van der Waals surface area contributed by atoms with Crippen LogP contribution in [0.2, 0.25) is 0 Å². The standard InChI is InChI=1S/C17H22FN5O2S/c1-11-7-12(22-26(24,25)6-2-4-18)8-13(11)15-9-20-16-10-21-17-14(23(15)16)3-5-19-17/h3,5,9-13,19,22H,2,4,6-8H2,1H3/t11-,12?,13+/m1/s1. The van der Waals surface area contributed by atoms with E-state index in [0.29, 0.717) is 12.3 Å². The van der Waals surface area contributed by atoms with Gasteiger partial charge in [0.15, 0.2) is 11.3 Å².